The molecule has 0 saturated heterocycles. The monoisotopic (exact) mass is 464 g/mol. The highest BCUT2D eigenvalue weighted by molar-refractivity contribution is 6.36. The van der Waals surface area contributed by atoms with Crippen molar-refractivity contribution >= 4 is 23.3 Å². The van der Waals surface area contributed by atoms with Gasteiger partial charge < -0.3 is 15.4 Å². The van der Waals surface area contributed by atoms with Crippen LogP contribution in [0, 0.1) is 0 Å². The SMILES string of the molecule is COc1ccc(CNC(=O)c2nn3c(c2Cl)N[C@@H](c2ccccc2)C[C@H]3C(F)(F)F)cc1. The Balaban J connectivity index is 1.59. The largest absolute Gasteiger partial charge is 0.497 e. The van der Waals surface area contributed by atoms with E-state index in [1.54, 1.807) is 61.7 Å². The first kappa shape index (κ1) is 22.0. The molecule has 1 aromatic heterocycles. The highest BCUT2D eigenvalue weighted by Gasteiger charge is 2.47. The first-order valence-electron chi connectivity index (χ1n) is 9.85. The number of carbonyl (C=O) groups is 1. The molecule has 0 saturated carbocycles. The van der Waals surface area contributed by atoms with Gasteiger partial charge >= 0.3 is 6.18 Å². The fourth-order valence-corrected chi connectivity index (χ4v) is 3.91. The Hall–Kier alpha value is -3.20. The highest BCUT2D eigenvalue weighted by atomic mass is 35.5. The van der Waals surface area contributed by atoms with Crippen LogP contribution in [0.1, 0.15) is 40.1 Å². The molecule has 2 atom stereocenters. The number of amides is 1. The molecule has 1 aliphatic heterocycles. The predicted octanol–water partition coefficient (Wildman–Crippen LogP) is 5.14. The third kappa shape index (κ3) is 4.38. The Morgan fingerprint density at radius 2 is 1.91 bits per heavy atom. The van der Waals surface area contributed by atoms with Crippen molar-refractivity contribution in [2.75, 3.05) is 12.4 Å². The fourth-order valence-electron chi connectivity index (χ4n) is 3.65. The summed E-state index contributed by atoms with van der Waals surface area (Å²) in [6.45, 7) is 0.157. The van der Waals surface area contributed by atoms with E-state index in [0.29, 0.717) is 11.3 Å². The van der Waals surface area contributed by atoms with Crippen LogP contribution >= 0.6 is 11.6 Å². The Kier molecular flexibility index (Phi) is 6.01. The zero-order valence-electron chi connectivity index (χ0n) is 17.0. The van der Waals surface area contributed by atoms with Crippen molar-refractivity contribution in [3.8, 4) is 5.75 Å². The lowest BCUT2D eigenvalue weighted by Gasteiger charge is -2.33. The Labute approximate surface area is 187 Å². The second-order valence-corrected chi connectivity index (χ2v) is 7.77. The number of carbonyl (C=O) groups excluding carboxylic acids is 1. The molecule has 0 aliphatic carbocycles. The van der Waals surface area contributed by atoms with E-state index >= 15 is 0 Å². The summed E-state index contributed by atoms with van der Waals surface area (Å²) in [6.07, 6.45) is -4.83. The number of methoxy groups -OCH3 is 1. The van der Waals surface area contributed by atoms with Gasteiger partial charge in [0.2, 0.25) is 0 Å². The van der Waals surface area contributed by atoms with Crippen molar-refractivity contribution in [1.29, 1.82) is 0 Å². The van der Waals surface area contributed by atoms with Gasteiger partial charge in [0, 0.05) is 13.0 Å². The van der Waals surface area contributed by atoms with Gasteiger partial charge in [0.15, 0.2) is 11.7 Å². The number of hydrogen-bond donors (Lipinski definition) is 2. The maximum absolute atomic E-state index is 13.8. The van der Waals surface area contributed by atoms with Crippen LogP contribution in [-0.4, -0.2) is 29.0 Å². The smallest absolute Gasteiger partial charge is 0.410 e. The molecule has 0 unspecified atom stereocenters. The summed E-state index contributed by atoms with van der Waals surface area (Å²) in [5.74, 6) is -0.0162. The van der Waals surface area contributed by atoms with E-state index in [0.717, 1.165) is 10.2 Å². The van der Waals surface area contributed by atoms with Gasteiger partial charge in [0.25, 0.3) is 5.91 Å². The zero-order valence-corrected chi connectivity index (χ0v) is 17.7. The van der Waals surface area contributed by atoms with Gasteiger partial charge in [0.05, 0.1) is 13.2 Å². The van der Waals surface area contributed by atoms with Crippen LogP contribution in [0.25, 0.3) is 0 Å². The number of nitrogens with one attached hydrogen (secondary N) is 2. The molecule has 2 heterocycles. The number of anilines is 1. The number of rotatable bonds is 5. The van der Waals surface area contributed by atoms with Crippen LogP contribution in [0.5, 0.6) is 5.75 Å². The molecular weight excluding hydrogens is 445 g/mol. The minimum absolute atomic E-state index is 0.0244. The Bertz CT molecular complexity index is 1100. The second kappa shape index (κ2) is 8.74. The molecule has 10 heteroatoms. The van der Waals surface area contributed by atoms with Crippen molar-refractivity contribution in [2.45, 2.75) is 31.2 Å². The molecule has 0 bridgehead atoms. The third-order valence-corrected chi connectivity index (χ3v) is 5.68. The van der Waals surface area contributed by atoms with Gasteiger partial charge in [0.1, 0.15) is 16.6 Å². The van der Waals surface area contributed by atoms with Gasteiger partial charge in [-0.2, -0.15) is 18.3 Å². The van der Waals surface area contributed by atoms with E-state index < -0.39 is 24.2 Å². The summed E-state index contributed by atoms with van der Waals surface area (Å²) in [5.41, 5.74) is 1.22. The van der Waals surface area contributed by atoms with Gasteiger partial charge in [-0.05, 0) is 23.3 Å². The van der Waals surface area contributed by atoms with Gasteiger partial charge in [-0.25, -0.2) is 4.68 Å². The van der Waals surface area contributed by atoms with Gasteiger partial charge in [-0.1, -0.05) is 54.1 Å². The Morgan fingerprint density at radius 3 is 2.53 bits per heavy atom. The van der Waals surface area contributed by atoms with Crippen LogP contribution in [-0.2, 0) is 6.54 Å². The van der Waals surface area contributed by atoms with E-state index in [1.165, 1.54) is 0 Å². The fraction of sp³-hybridized carbons (Fsp3) is 0.273. The second-order valence-electron chi connectivity index (χ2n) is 7.39. The highest BCUT2D eigenvalue weighted by Crippen LogP contribution is 2.46. The zero-order chi connectivity index (χ0) is 22.9. The van der Waals surface area contributed by atoms with Crippen LogP contribution in [0.3, 0.4) is 0 Å². The molecule has 0 radical (unpaired) electrons. The van der Waals surface area contributed by atoms with Crippen molar-refractivity contribution in [2.24, 2.45) is 0 Å². The molecule has 1 aliphatic rings. The lowest BCUT2D eigenvalue weighted by Crippen LogP contribution is -2.35. The molecular formula is C22H20ClF3N4O2. The maximum atomic E-state index is 13.8. The summed E-state index contributed by atoms with van der Waals surface area (Å²) >= 11 is 6.34. The minimum Gasteiger partial charge on any atom is -0.497 e. The average molecular weight is 465 g/mol. The average Bonchev–Trinajstić information content (AvgIpc) is 3.13. The summed E-state index contributed by atoms with van der Waals surface area (Å²) in [5, 5.41) is 9.46. The van der Waals surface area contributed by atoms with Crippen LogP contribution in [0.15, 0.2) is 54.6 Å². The van der Waals surface area contributed by atoms with E-state index in [-0.39, 0.29) is 29.5 Å². The molecule has 0 spiro atoms. The minimum atomic E-state index is -4.56. The first-order chi connectivity index (χ1) is 15.3. The van der Waals surface area contributed by atoms with Crippen molar-refractivity contribution in [3.63, 3.8) is 0 Å². The molecule has 32 heavy (non-hydrogen) atoms. The van der Waals surface area contributed by atoms with E-state index in [2.05, 4.69) is 15.7 Å². The van der Waals surface area contributed by atoms with Crippen LogP contribution in [0.4, 0.5) is 19.0 Å². The Morgan fingerprint density at radius 1 is 1.22 bits per heavy atom. The van der Waals surface area contributed by atoms with Gasteiger partial charge in [-0.15, -0.1) is 0 Å². The number of ether oxygens (including phenoxy) is 1. The summed E-state index contributed by atoms with van der Waals surface area (Å²) < 4.78 is 47.4. The normalized spacial score (nSPS) is 17.9. The lowest BCUT2D eigenvalue weighted by atomic mass is 9.97. The van der Waals surface area contributed by atoms with Crippen molar-refractivity contribution in [3.05, 3.63) is 76.4 Å². The molecule has 3 aromatic rings. The van der Waals surface area contributed by atoms with E-state index in [9.17, 15) is 18.0 Å². The van der Waals surface area contributed by atoms with Gasteiger partial charge in [-0.3, -0.25) is 4.79 Å². The number of nitrogens with zero attached hydrogens (tertiary/aromatic N) is 2. The van der Waals surface area contributed by atoms with E-state index in [1.807, 2.05) is 0 Å². The molecule has 168 valence electrons. The quantitative estimate of drug-likeness (QED) is 0.549. The summed E-state index contributed by atoms with van der Waals surface area (Å²) in [6, 6.07) is 13.3. The molecule has 2 N–H and O–H groups in total. The summed E-state index contributed by atoms with van der Waals surface area (Å²) in [7, 11) is 1.55. The molecule has 0 fully saturated rings. The lowest BCUT2D eigenvalue weighted by molar-refractivity contribution is -0.173. The first-order valence-corrected chi connectivity index (χ1v) is 10.2. The molecule has 2 aromatic carbocycles. The number of alkyl halides is 3. The standard InChI is InChI=1S/C22H20ClF3N4O2/c1-32-15-9-7-13(8-10-15)12-27-21(31)19-18(23)20-28-16(14-5-3-2-4-6-14)11-17(22(24,25)26)30(20)29-19/h2-10,16-17,28H,11-12H2,1H3,(H,27,31)/t16-,17+/m1/s1. The topological polar surface area (TPSA) is 68.2 Å². The predicted molar refractivity (Wildman–Crippen MR) is 114 cm³/mol. The molecule has 6 nitrogen and oxygen atoms in total. The van der Waals surface area contributed by atoms with E-state index in [4.69, 9.17) is 16.3 Å². The number of aromatic nitrogens is 2. The molecule has 1 amide bonds. The van der Waals surface area contributed by atoms with Crippen molar-refractivity contribution in [1.82, 2.24) is 15.1 Å². The van der Waals surface area contributed by atoms with Crippen molar-refractivity contribution < 1.29 is 22.7 Å². The number of benzene rings is 2. The number of hydrogen-bond acceptors (Lipinski definition) is 4. The molecule has 4 rings (SSSR count). The third-order valence-electron chi connectivity index (χ3n) is 5.32. The van der Waals surface area contributed by atoms with Crippen LogP contribution in [0.2, 0.25) is 5.02 Å². The number of halogens is 4. The maximum Gasteiger partial charge on any atom is 0.410 e. The van der Waals surface area contributed by atoms with Crippen LogP contribution < -0.4 is 15.4 Å². The number of fused-ring (bicyclic) bond motifs is 1. The summed E-state index contributed by atoms with van der Waals surface area (Å²) in [4.78, 5) is 12.7.